The number of aryl methyl sites for hydroxylation is 1. The lowest BCUT2D eigenvalue weighted by atomic mass is 10.1. The van der Waals surface area contributed by atoms with E-state index in [0.717, 1.165) is 36.5 Å². The number of hydrogen-bond acceptors (Lipinski definition) is 3. The summed E-state index contributed by atoms with van der Waals surface area (Å²) in [4.78, 5) is 7.12. The Morgan fingerprint density at radius 2 is 1.79 bits per heavy atom. The van der Waals surface area contributed by atoms with Gasteiger partial charge in [-0.2, -0.15) is 0 Å². The first kappa shape index (κ1) is 18.7. The van der Waals surface area contributed by atoms with E-state index in [9.17, 15) is 0 Å². The van der Waals surface area contributed by atoms with Crippen molar-refractivity contribution in [3.63, 3.8) is 0 Å². The third-order valence-corrected chi connectivity index (χ3v) is 4.40. The van der Waals surface area contributed by atoms with Crippen molar-refractivity contribution >= 4 is 10.8 Å². The molecule has 3 nitrogen and oxygen atoms in total. The van der Waals surface area contributed by atoms with Crippen LogP contribution in [0.25, 0.3) is 10.8 Å². The molecule has 24 heavy (non-hydrogen) atoms. The lowest BCUT2D eigenvalue weighted by molar-refractivity contribution is 0.231. The Morgan fingerprint density at radius 1 is 1.00 bits per heavy atom. The van der Waals surface area contributed by atoms with Gasteiger partial charge >= 0.3 is 0 Å². The zero-order valence-electron chi connectivity index (χ0n) is 15.6. The van der Waals surface area contributed by atoms with Crippen molar-refractivity contribution in [2.45, 2.75) is 52.4 Å². The summed E-state index contributed by atoms with van der Waals surface area (Å²) in [5, 5.41) is 2.34. The van der Waals surface area contributed by atoms with E-state index in [0.29, 0.717) is 6.61 Å². The molecule has 1 heterocycles. The van der Waals surface area contributed by atoms with Gasteiger partial charge in [0.15, 0.2) is 0 Å². The summed E-state index contributed by atoms with van der Waals surface area (Å²) in [7, 11) is 2.17. The standard InChI is InChI=1S/C21H32N2O/c1-4-6-10-14-23(3)15-16-24-21-20-13-9-8-11-18(20)17-19(22-21)12-7-5-2/h8-9,11,13,17H,4-7,10,12,14-16H2,1-3H3. The van der Waals surface area contributed by atoms with Gasteiger partial charge in [0.1, 0.15) is 6.61 Å². The number of aromatic nitrogens is 1. The predicted octanol–water partition coefficient (Wildman–Crippen LogP) is 5.08. The van der Waals surface area contributed by atoms with E-state index in [2.05, 4.69) is 56.1 Å². The van der Waals surface area contributed by atoms with E-state index in [1.807, 2.05) is 0 Å². The van der Waals surface area contributed by atoms with Crippen molar-refractivity contribution in [1.82, 2.24) is 9.88 Å². The number of rotatable bonds is 11. The van der Waals surface area contributed by atoms with Gasteiger partial charge in [0, 0.05) is 17.6 Å². The summed E-state index contributed by atoms with van der Waals surface area (Å²) < 4.78 is 6.06. The normalized spacial score (nSPS) is 11.3. The van der Waals surface area contributed by atoms with Crippen molar-refractivity contribution in [3.05, 3.63) is 36.0 Å². The molecule has 3 heteroatoms. The molecule has 0 fully saturated rings. The van der Waals surface area contributed by atoms with Crippen molar-refractivity contribution in [1.29, 1.82) is 0 Å². The van der Waals surface area contributed by atoms with Crippen LogP contribution >= 0.6 is 0 Å². The molecular formula is C21H32N2O. The highest BCUT2D eigenvalue weighted by Crippen LogP contribution is 2.25. The first-order chi connectivity index (χ1) is 11.7. The molecule has 0 atom stereocenters. The van der Waals surface area contributed by atoms with E-state index in [1.165, 1.54) is 37.5 Å². The van der Waals surface area contributed by atoms with Crippen molar-refractivity contribution in [3.8, 4) is 5.88 Å². The van der Waals surface area contributed by atoms with Crippen LogP contribution in [0.5, 0.6) is 5.88 Å². The van der Waals surface area contributed by atoms with Gasteiger partial charge in [-0.25, -0.2) is 4.98 Å². The first-order valence-corrected chi connectivity index (χ1v) is 9.44. The number of likely N-dealkylation sites (N-methyl/N-ethyl adjacent to an activating group) is 1. The van der Waals surface area contributed by atoms with E-state index in [1.54, 1.807) is 0 Å². The Morgan fingerprint density at radius 3 is 2.58 bits per heavy atom. The minimum atomic E-state index is 0.691. The molecule has 0 saturated carbocycles. The summed E-state index contributed by atoms with van der Waals surface area (Å²) in [5.74, 6) is 0.793. The predicted molar refractivity (Wildman–Crippen MR) is 103 cm³/mol. The number of benzene rings is 1. The fraction of sp³-hybridized carbons (Fsp3) is 0.571. The van der Waals surface area contributed by atoms with Crippen LogP contribution in [0.15, 0.2) is 30.3 Å². The number of fused-ring (bicyclic) bond motifs is 1. The average Bonchev–Trinajstić information content (AvgIpc) is 2.60. The monoisotopic (exact) mass is 328 g/mol. The molecular weight excluding hydrogens is 296 g/mol. The molecule has 0 bridgehead atoms. The molecule has 2 aromatic rings. The molecule has 0 saturated heterocycles. The molecule has 0 amide bonds. The first-order valence-electron chi connectivity index (χ1n) is 9.44. The van der Waals surface area contributed by atoms with E-state index in [4.69, 9.17) is 9.72 Å². The zero-order valence-corrected chi connectivity index (χ0v) is 15.6. The van der Waals surface area contributed by atoms with Crippen LogP contribution in [0, 0.1) is 0 Å². The molecule has 1 aromatic carbocycles. The fourth-order valence-corrected chi connectivity index (χ4v) is 2.86. The third kappa shape index (κ3) is 5.79. The topological polar surface area (TPSA) is 25.4 Å². The minimum Gasteiger partial charge on any atom is -0.476 e. The Hall–Kier alpha value is -1.61. The SMILES string of the molecule is CCCCCN(C)CCOc1nc(CCCC)cc2ccccc12. The van der Waals surface area contributed by atoms with Gasteiger partial charge in [0.25, 0.3) is 0 Å². The zero-order chi connectivity index (χ0) is 17.2. The summed E-state index contributed by atoms with van der Waals surface area (Å²) in [6.45, 7) is 7.23. The molecule has 0 spiro atoms. The summed E-state index contributed by atoms with van der Waals surface area (Å²) >= 11 is 0. The number of ether oxygens (including phenoxy) is 1. The lowest BCUT2D eigenvalue weighted by Crippen LogP contribution is -2.25. The Balaban J connectivity index is 1.98. The van der Waals surface area contributed by atoms with E-state index >= 15 is 0 Å². The number of nitrogens with zero attached hydrogens (tertiary/aromatic N) is 2. The Bertz CT molecular complexity index is 612. The molecule has 132 valence electrons. The summed E-state index contributed by atoms with van der Waals surface area (Å²) in [5.41, 5.74) is 1.14. The molecule has 0 radical (unpaired) electrons. The van der Waals surface area contributed by atoms with Crippen molar-refractivity contribution in [2.24, 2.45) is 0 Å². The second-order valence-electron chi connectivity index (χ2n) is 6.60. The van der Waals surface area contributed by atoms with Crippen LogP contribution in [0.4, 0.5) is 0 Å². The van der Waals surface area contributed by atoms with Crippen LogP contribution in [-0.2, 0) is 6.42 Å². The van der Waals surface area contributed by atoms with Crippen LogP contribution in [0.2, 0.25) is 0 Å². The highest BCUT2D eigenvalue weighted by molar-refractivity contribution is 5.87. The van der Waals surface area contributed by atoms with Gasteiger partial charge in [0.05, 0.1) is 0 Å². The summed E-state index contributed by atoms with van der Waals surface area (Å²) in [6, 6.07) is 10.6. The molecule has 0 unspecified atom stereocenters. The minimum absolute atomic E-state index is 0.691. The third-order valence-electron chi connectivity index (χ3n) is 4.40. The maximum absolute atomic E-state index is 6.06. The molecule has 0 N–H and O–H groups in total. The smallest absolute Gasteiger partial charge is 0.221 e. The number of hydrogen-bond donors (Lipinski definition) is 0. The van der Waals surface area contributed by atoms with Crippen molar-refractivity contribution in [2.75, 3.05) is 26.7 Å². The second-order valence-corrected chi connectivity index (χ2v) is 6.60. The van der Waals surface area contributed by atoms with Crippen LogP contribution < -0.4 is 4.74 Å². The number of pyridine rings is 1. The highest BCUT2D eigenvalue weighted by Gasteiger charge is 2.08. The maximum Gasteiger partial charge on any atom is 0.221 e. The molecule has 0 aliphatic carbocycles. The van der Waals surface area contributed by atoms with Crippen molar-refractivity contribution < 1.29 is 4.74 Å². The largest absolute Gasteiger partial charge is 0.476 e. The lowest BCUT2D eigenvalue weighted by Gasteiger charge is -2.17. The quantitative estimate of drug-likeness (QED) is 0.538. The van der Waals surface area contributed by atoms with Gasteiger partial charge in [-0.1, -0.05) is 51.3 Å². The summed E-state index contributed by atoms with van der Waals surface area (Å²) in [6.07, 6.45) is 7.22. The van der Waals surface area contributed by atoms with Gasteiger partial charge < -0.3 is 9.64 Å². The molecule has 1 aromatic heterocycles. The second kappa shape index (κ2) is 10.3. The number of unbranched alkanes of at least 4 members (excludes halogenated alkanes) is 3. The fourth-order valence-electron chi connectivity index (χ4n) is 2.86. The molecule has 2 rings (SSSR count). The molecule has 0 aliphatic rings. The van der Waals surface area contributed by atoms with Gasteiger partial charge in [-0.05, 0) is 50.4 Å². The maximum atomic E-state index is 6.06. The van der Waals surface area contributed by atoms with E-state index in [-0.39, 0.29) is 0 Å². The van der Waals surface area contributed by atoms with Gasteiger partial charge in [-0.15, -0.1) is 0 Å². The average molecular weight is 328 g/mol. The highest BCUT2D eigenvalue weighted by atomic mass is 16.5. The van der Waals surface area contributed by atoms with Gasteiger partial charge in [0.2, 0.25) is 5.88 Å². The Labute approximate surface area is 147 Å². The van der Waals surface area contributed by atoms with Crippen LogP contribution in [0.1, 0.15) is 51.6 Å². The van der Waals surface area contributed by atoms with Gasteiger partial charge in [-0.3, -0.25) is 0 Å². The molecule has 0 aliphatic heterocycles. The Kier molecular flexibility index (Phi) is 8.03. The van der Waals surface area contributed by atoms with E-state index < -0.39 is 0 Å². The van der Waals surface area contributed by atoms with Crippen LogP contribution in [0.3, 0.4) is 0 Å². The van der Waals surface area contributed by atoms with Crippen LogP contribution in [-0.4, -0.2) is 36.6 Å².